The zero-order valence-corrected chi connectivity index (χ0v) is 18.1. The van der Waals surface area contributed by atoms with E-state index < -0.39 is 11.5 Å². The van der Waals surface area contributed by atoms with Gasteiger partial charge in [-0.3, -0.25) is 14.2 Å². The molecule has 5 rings (SSSR count). The minimum atomic E-state index is -1.03. The maximum atomic E-state index is 13.2. The first-order valence-corrected chi connectivity index (χ1v) is 10.7. The second-order valence-electron chi connectivity index (χ2n) is 8.95. The van der Waals surface area contributed by atoms with Crippen molar-refractivity contribution in [2.24, 2.45) is 11.7 Å². The first-order valence-electron chi connectivity index (χ1n) is 10.7. The Balaban J connectivity index is 1.75. The fourth-order valence-corrected chi connectivity index (χ4v) is 5.11. The van der Waals surface area contributed by atoms with Crippen LogP contribution in [0.1, 0.15) is 42.6 Å². The van der Waals surface area contributed by atoms with Gasteiger partial charge in [0.25, 0.3) is 5.56 Å². The lowest BCUT2D eigenvalue weighted by atomic mass is 9.97. The number of nitrogen functional groups attached to an aromatic ring is 1. The molecule has 1 saturated carbocycles. The molecule has 2 aliphatic heterocycles. The van der Waals surface area contributed by atoms with Crippen LogP contribution >= 0.6 is 0 Å². The summed E-state index contributed by atoms with van der Waals surface area (Å²) in [5.74, 6) is 0.253. The second-order valence-corrected chi connectivity index (χ2v) is 8.95. The lowest BCUT2D eigenvalue weighted by molar-refractivity contribution is -0.123. The van der Waals surface area contributed by atoms with Crippen molar-refractivity contribution in [1.29, 1.82) is 0 Å². The number of ether oxygens (including phenoxy) is 3. The number of esters is 1. The summed E-state index contributed by atoms with van der Waals surface area (Å²) in [6.45, 7) is 3.56. The third-order valence-electron chi connectivity index (χ3n) is 7.05. The van der Waals surface area contributed by atoms with Gasteiger partial charge in [0, 0.05) is 24.0 Å². The van der Waals surface area contributed by atoms with Gasteiger partial charge in [-0.1, -0.05) is 0 Å². The van der Waals surface area contributed by atoms with Crippen LogP contribution in [0.25, 0.3) is 10.9 Å². The summed E-state index contributed by atoms with van der Waals surface area (Å²) in [4.78, 5) is 38.3. The Kier molecular flexibility index (Phi) is 4.59. The van der Waals surface area contributed by atoms with Gasteiger partial charge in [-0.15, -0.1) is 0 Å². The number of pyridine rings is 1. The Hall–Kier alpha value is -3.27. The van der Waals surface area contributed by atoms with E-state index in [1.807, 2.05) is 6.92 Å². The van der Waals surface area contributed by atoms with Crippen molar-refractivity contribution < 1.29 is 23.8 Å². The van der Waals surface area contributed by atoms with Crippen LogP contribution in [0.3, 0.4) is 0 Å². The predicted octanol–water partition coefficient (Wildman–Crippen LogP) is 1.18. The van der Waals surface area contributed by atoms with Crippen LogP contribution in [-0.2, 0) is 9.53 Å². The van der Waals surface area contributed by atoms with Gasteiger partial charge in [-0.2, -0.15) is 0 Å². The quantitative estimate of drug-likeness (QED) is 0.302. The normalized spacial score (nSPS) is 23.0. The van der Waals surface area contributed by atoms with Crippen molar-refractivity contribution >= 4 is 34.7 Å². The van der Waals surface area contributed by atoms with E-state index in [1.165, 1.54) is 17.7 Å². The van der Waals surface area contributed by atoms with Crippen molar-refractivity contribution in [1.82, 2.24) is 4.57 Å². The third kappa shape index (κ3) is 2.85. The average molecular weight is 442 g/mol. The maximum Gasteiger partial charge on any atom is 0.351 e. The summed E-state index contributed by atoms with van der Waals surface area (Å²) in [5, 5.41) is 0.429. The third-order valence-corrected chi connectivity index (χ3v) is 7.05. The number of carbonyl (C=O) groups is 2. The van der Waals surface area contributed by atoms with Crippen molar-refractivity contribution in [3.63, 3.8) is 0 Å². The minimum Gasteiger partial charge on any atom is -0.492 e. The van der Waals surface area contributed by atoms with Crippen molar-refractivity contribution in [2.75, 3.05) is 37.4 Å². The summed E-state index contributed by atoms with van der Waals surface area (Å²) in [6, 6.07) is 0.991. The van der Waals surface area contributed by atoms with E-state index in [-0.39, 0.29) is 35.9 Å². The number of hydrogen-bond donors (Lipinski definition) is 2. The second kappa shape index (κ2) is 7.13. The Labute approximate surface area is 184 Å². The minimum absolute atomic E-state index is 0.00104. The number of methoxy groups -OCH3 is 1. The van der Waals surface area contributed by atoms with Crippen LogP contribution in [0.4, 0.5) is 11.4 Å². The van der Waals surface area contributed by atoms with Gasteiger partial charge in [0.1, 0.15) is 17.9 Å². The monoisotopic (exact) mass is 442 g/mol. The highest BCUT2D eigenvalue weighted by molar-refractivity contribution is 6.07. The number of anilines is 2. The van der Waals surface area contributed by atoms with E-state index >= 15 is 0 Å². The SMILES string of the molecule is COc1c(N2CC[C@@H](C3(N)CC3)C2)c2c3c(cc(C(=O)OC=O)c(=O)n3[C@@H](C)CO2)c1N. The van der Waals surface area contributed by atoms with Gasteiger partial charge in [0.2, 0.25) is 0 Å². The molecule has 10 heteroatoms. The van der Waals surface area contributed by atoms with Crippen molar-refractivity contribution in [3.05, 3.63) is 22.0 Å². The number of rotatable bonds is 5. The fourth-order valence-electron chi connectivity index (χ4n) is 5.11. The molecule has 1 aromatic carbocycles. The molecule has 0 bridgehead atoms. The molecule has 0 amide bonds. The predicted molar refractivity (Wildman–Crippen MR) is 117 cm³/mol. The first-order chi connectivity index (χ1) is 15.3. The lowest BCUT2D eigenvalue weighted by Crippen LogP contribution is -2.36. The summed E-state index contributed by atoms with van der Waals surface area (Å²) in [7, 11) is 1.52. The molecule has 1 aromatic heterocycles. The number of benzene rings is 1. The molecule has 170 valence electrons. The molecule has 2 aromatic rings. The Morgan fingerprint density at radius 1 is 1.38 bits per heavy atom. The topological polar surface area (TPSA) is 139 Å². The van der Waals surface area contributed by atoms with Gasteiger partial charge in [-0.05, 0) is 38.2 Å². The Morgan fingerprint density at radius 2 is 2.12 bits per heavy atom. The molecule has 3 aliphatic rings. The summed E-state index contributed by atoms with van der Waals surface area (Å²) >= 11 is 0. The molecule has 1 aliphatic carbocycles. The van der Waals surface area contributed by atoms with E-state index in [9.17, 15) is 14.4 Å². The summed E-state index contributed by atoms with van der Waals surface area (Å²) in [5.41, 5.74) is 13.5. The largest absolute Gasteiger partial charge is 0.492 e. The zero-order valence-electron chi connectivity index (χ0n) is 18.1. The van der Waals surface area contributed by atoms with Crippen molar-refractivity contribution in [3.8, 4) is 11.5 Å². The molecule has 3 heterocycles. The molecule has 32 heavy (non-hydrogen) atoms. The van der Waals surface area contributed by atoms with Gasteiger partial charge < -0.3 is 30.6 Å². The van der Waals surface area contributed by atoms with Crippen LogP contribution in [0.5, 0.6) is 11.5 Å². The first kappa shape index (κ1) is 20.6. The van der Waals surface area contributed by atoms with Gasteiger partial charge in [0.05, 0.1) is 24.4 Å². The van der Waals surface area contributed by atoms with Crippen LogP contribution in [0.2, 0.25) is 0 Å². The van der Waals surface area contributed by atoms with Crippen LogP contribution in [0, 0.1) is 5.92 Å². The van der Waals surface area contributed by atoms with Crippen LogP contribution < -0.4 is 31.4 Å². The van der Waals surface area contributed by atoms with Gasteiger partial charge >= 0.3 is 12.4 Å². The molecule has 0 spiro atoms. The van der Waals surface area contributed by atoms with Gasteiger partial charge in [0.15, 0.2) is 11.5 Å². The molecule has 0 radical (unpaired) electrons. The Morgan fingerprint density at radius 3 is 2.78 bits per heavy atom. The maximum absolute atomic E-state index is 13.2. The molecule has 4 N–H and O–H groups in total. The van der Waals surface area contributed by atoms with Crippen molar-refractivity contribution in [2.45, 2.75) is 37.8 Å². The molecular formula is C22H26N4O6. The number of aromatic nitrogens is 1. The zero-order chi connectivity index (χ0) is 22.8. The number of hydrogen-bond acceptors (Lipinski definition) is 9. The lowest BCUT2D eigenvalue weighted by Gasteiger charge is -2.32. The van der Waals surface area contributed by atoms with E-state index in [1.54, 1.807) is 0 Å². The average Bonchev–Trinajstić information content (AvgIpc) is 3.32. The summed E-state index contributed by atoms with van der Waals surface area (Å²) < 4.78 is 17.8. The smallest absolute Gasteiger partial charge is 0.351 e. The molecule has 2 atom stereocenters. The van der Waals surface area contributed by atoms with Gasteiger partial charge in [-0.25, -0.2) is 4.79 Å². The number of carbonyl (C=O) groups excluding carboxylic acids is 2. The number of nitrogens with zero attached hydrogens (tertiary/aromatic N) is 2. The van der Waals surface area contributed by atoms with Crippen LogP contribution in [0.15, 0.2) is 10.9 Å². The van der Waals surface area contributed by atoms with E-state index in [2.05, 4.69) is 9.64 Å². The highest BCUT2D eigenvalue weighted by Crippen LogP contribution is 2.53. The van der Waals surface area contributed by atoms with E-state index in [0.29, 0.717) is 34.0 Å². The Bertz CT molecular complexity index is 1200. The van der Waals surface area contributed by atoms with E-state index in [0.717, 1.165) is 32.4 Å². The molecule has 1 saturated heterocycles. The highest BCUT2D eigenvalue weighted by atomic mass is 16.6. The summed E-state index contributed by atoms with van der Waals surface area (Å²) in [6.07, 6.45) is 3.02. The molecule has 0 unspecified atom stereocenters. The highest BCUT2D eigenvalue weighted by Gasteiger charge is 2.48. The van der Waals surface area contributed by atoms with Crippen LogP contribution in [-0.4, -0.2) is 49.4 Å². The standard InChI is InChI=1S/C22H26N4O6/c1-11-9-31-19-16-13(7-14(20(28)26(11)16)21(29)32-10-27)15(23)18(30-2)17(19)25-6-3-12(8-25)22(24)4-5-22/h7,10-12H,3-6,8-9,23-24H2,1-2H3/t11-,12+/m0/s1. The number of nitrogens with two attached hydrogens (primary N) is 2. The molecule has 2 fully saturated rings. The van der Waals surface area contributed by atoms with E-state index in [4.69, 9.17) is 20.9 Å². The molecule has 10 nitrogen and oxygen atoms in total. The molecular weight excluding hydrogens is 416 g/mol. The fraction of sp³-hybridized carbons (Fsp3) is 0.500.